The summed E-state index contributed by atoms with van der Waals surface area (Å²) < 4.78 is 0. The Kier molecular flexibility index (Phi) is 3.83. The third-order valence-electron chi connectivity index (χ3n) is 3.73. The number of aromatic nitrogens is 1. The first-order chi connectivity index (χ1) is 9.00. The monoisotopic (exact) mass is 262 g/mol. The second kappa shape index (κ2) is 5.38. The first-order valence-corrected chi connectivity index (χ1v) is 6.49. The van der Waals surface area contributed by atoms with Crippen molar-refractivity contribution in [1.82, 2.24) is 9.88 Å². The molecule has 0 atom stereocenters. The number of hydrogen-bond acceptors (Lipinski definition) is 3. The van der Waals surface area contributed by atoms with Crippen LogP contribution in [-0.2, 0) is 0 Å². The molecule has 1 aromatic heterocycles. The predicted octanol–water partition coefficient (Wildman–Crippen LogP) is 2.10. The number of nitrogens with zero attached hydrogens (tertiary/aromatic N) is 2. The van der Waals surface area contributed by atoms with Crippen LogP contribution >= 0.6 is 0 Å². The van der Waals surface area contributed by atoms with Gasteiger partial charge in [-0.15, -0.1) is 0 Å². The van der Waals surface area contributed by atoms with Gasteiger partial charge in [-0.25, -0.2) is 9.78 Å². The molecular formula is C14H18N2O3. The summed E-state index contributed by atoms with van der Waals surface area (Å²) in [5, 5.41) is 8.94. The van der Waals surface area contributed by atoms with E-state index in [1.165, 1.54) is 12.1 Å². The topological polar surface area (TPSA) is 70.5 Å². The summed E-state index contributed by atoms with van der Waals surface area (Å²) >= 11 is 0. The molecule has 1 saturated carbocycles. The maximum atomic E-state index is 12.3. The number of carboxylic acids is 1. The van der Waals surface area contributed by atoms with Crippen LogP contribution in [0.3, 0.4) is 0 Å². The number of aryl methyl sites for hydroxylation is 1. The van der Waals surface area contributed by atoms with Gasteiger partial charge in [-0.2, -0.15) is 0 Å². The zero-order chi connectivity index (χ0) is 14.0. The van der Waals surface area contributed by atoms with Crippen LogP contribution in [0.1, 0.15) is 52.2 Å². The zero-order valence-electron chi connectivity index (χ0n) is 11.2. The van der Waals surface area contributed by atoms with Crippen molar-refractivity contribution in [2.75, 3.05) is 7.05 Å². The van der Waals surface area contributed by atoms with Crippen LogP contribution in [0, 0.1) is 6.92 Å². The standard InChI is InChI=1S/C14H18N2O3/c1-9-11(14(18)19)7-8-12(15-9)13(17)16(2)10-5-3-4-6-10/h7-8,10H,3-6H2,1-2H3,(H,18,19). The van der Waals surface area contributed by atoms with Crippen molar-refractivity contribution in [2.45, 2.75) is 38.6 Å². The highest BCUT2D eigenvalue weighted by Gasteiger charge is 2.25. The molecule has 0 unspecified atom stereocenters. The van der Waals surface area contributed by atoms with Gasteiger partial charge in [-0.05, 0) is 31.9 Å². The number of carbonyl (C=O) groups is 2. The van der Waals surface area contributed by atoms with Crippen LogP contribution in [0.4, 0.5) is 0 Å². The molecule has 1 aliphatic carbocycles. The maximum Gasteiger partial charge on any atom is 0.337 e. The predicted molar refractivity (Wildman–Crippen MR) is 70.3 cm³/mol. The molecule has 1 fully saturated rings. The Bertz CT molecular complexity index is 507. The van der Waals surface area contributed by atoms with E-state index in [0.717, 1.165) is 25.7 Å². The highest BCUT2D eigenvalue weighted by Crippen LogP contribution is 2.23. The second-order valence-electron chi connectivity index (χ2n) is 4.99. The third kappa shape index (κ3) is 2.75. The summed E-state index contributed by atoms with van der Waals surface area (Å²) in [5.41, 5.74) is 0.829. The van der Waals surface area contributed by atoms with Gasteiger partial charge in [-0.1, -0.05) is 12.8 Å². The number of aromatic carboxylic acids is 1. The van der Waals surface area contributed by atoms with Crippen LogP contribution in [0.15, 0.2) is 12.1 Å². The Morgan fingerprint density at radius 2 is 1.95 bits per heavy atom. The van der Waals surface area contributed by atoms with Crippen LogP contribution in [-0.4, -0.2) is 40.0 Å². The molecule has 1 amide bonds. The Morgan fingerprint density at radius 3 is 2.47 bits per heavy atom. The fourth-order valence-corrected chi connectivity index (χ4v) is 2.54. The summed E-state index contributed by atoms with van der Waals surface area (Å²) in [5.74, 6) is -1.15. The lowest BCUT2D eigenvalue weighted by molar-refractivity contribution is 0.0689. The summed E-state index contributed by atoms with van der Waals surface area (Å²) in [6.07, 6.45) is 4.39. The van der Waals surface area contributed by atoms with E-state index in [1.54, 1.807) is 18.9 Å². The van der Waals surface area contributed by atoms with Crippen molar-refractivity contribution in [3.63, 3.8) is 0 Å². The largest absolute Gasteiger partial charge is 0.478 e. The number of amides is 1. The van der Waals surface area contributed by atoms with Crippen LogP contribution in [0.2, 0.25) is 0 Å². The maximum absolute atomic E-state index is 12.3. The van der Waals surface area contributed by atoms with Gasteiger partial charge in [0, 0.05) is 13.1 Å². The third-order valence-corrected chi connectivity index (χ3v) is 3.73. The first-order valence-electron chi connectivity index (χ1n) is 6.49. The van der Waals surface area contributed by atoms with E-state index in [4.69, 9.17) is 5.11 Å². The van der Waals surface area contributed by atoms with Crippen molar-refractivity contribution in [2.24, 2.45) is 0 Å². The first kappa shape index (κ1) is 13.5. The minimum Gasteiger partial charge on any atom is -0.478 e. The molecule has 19 heavy (non-hydrogen) atoms. The lowest BCUT2D eigenvalue weighted by Gasteiger charge is -2.24. The van der Waals surface area contributed by atoms with E-state index in [9.17, 15) is 9.59 Å². The molecule has 5 heteroatoms. The minimum atomic E-state index is -1.02. The van der Waals surface area contributed by atoms with E-state index in [1.807, 2.05) is 0 Å². The number of hydrogen-bond donors (Lipinski definition) is 1. The molecule has 0 radical (unpaired) electrons. The number of carbonyl (C=O) groups excluding carboxylic acids is 1. The smallest absolute Gasteiger partial charge is 0.337 e. The molecular weight excluding hydrogens is 244 g/mol. The Hall–Kier alpha value is -1.91. The zero-order valence-corrected chi connectivity index (χ0v) is 11.2. The SMILES string of the molecule is Cc1nc(C(=O)N(C)C2CCCC2)ccc1C(=O)O. The molecule has 0 aliphatic heterocycles. The molecule has 0 bridgehead atoms. The fourth-order valence-electron chi connectivity index (χ4n) is 2.54. The molecule has 102 valence electrons. The lowest BCUT2D eigenvalue weighted by atomic mass is 10.1. The normalized spacial score (nSPS) is 15.5. The van der Waals surface area contributed by atoms with Gasteiger partial charge in [0.05, 0.1) is 11.3 Å². The molecule has 1 N–H and O–H groups in total. The highest BCUT2D eigenvalue weighted by atomic mass is 16.4. The summed E-state index contributed by atoms with van der Waals surface area (Å²) in [6.45, 7) is 1.61. The Labute approximate surface area is 112 Å². The van der Waals surface area contributed by atoms with E-state index in [2.05, 4.69) is 4.98 Å². The second-order valence-corrected chi connectivity index (χ2v) is 4.99. The van der Waals surface area contributed by atoms with Crippen molar-refractivity contribution in [1.29, 1.82) is 0 Å². The van der Waals surface area contributed by atoms with Crippen LogP contribution < -0.4 is 0 Å². The Morgan fingerprint density at radius 1 is 1.32 bits per heavy atom. The van der Waals surface area contributed by atoms with Crippen LogP contribution in [0.25, 0.3) is 0 Å². The van der Waals surface area contributed by atoms with Gasteiger partial charge in [-0.3, -0.25) is 4.79 Å². The molecule has 0 aromatic carbocycles. The fraction of sp³-hybridized carbons (Fsp3) is 0.500. The molecule has 1 aliphatic rings. The highest BCUT2D eigenvalue weighted by molar-refractivity contribution is 5.94. The van der Waals surface area contributed by atoms with Crippen molar-refractivity contribution >= 4 is 11.9 Å². The van der Waals surface area contributed by atoms with Gasteiger partial charge in [0.15, 0.2) is 0 Å². The quantitative estimate of drug-likeness (QED) is 0.905. The van der Waals surface area contributed by atoms with E-state index in [-0.39, 0.29) is 17.5 Å². The van der Waals surface area contributed by atoms with Gasteiger partial charge in [0.1, 0.15) is 5.69 Å². The number of pyridine rings is 1. The molecule has 1 aromatic rings. The molecule has 2 rings (SSSR count). The molecule has 0 saturated heterocycles. The average molecular weight is 262 g/mol. The summed E-state index contributed by atoms with van der Waals surface area (Å²) in [7, 11) is 1.79. The summed E-state index contributed by atoms with van der Waals surface area (Å²) in [4.78, 5) is 29.0. The van der Waals surface area contributed by atoms with E-state index in [0.29, 0.717) is 11.4 Å². The Balaban J connectivity index is 2.19. The average Bonchev–Trinajstić information content (AvgIpc) is 2.90. The number of carboxylic acid groups (broad SMARTS) is 1. The van der Waals surface area contributed by atoms with Crippen molar-refractivity contribution in [3.05, 3.63) is 29.1 Å². The van der Waals surface area contributed by atoms with E-state index < -0.39 is 5.97 Å². The van der Waals surface area contributed by atoms with Gasteiger partial charge in [0.2, 0.25) is 0 Å². The van der Waals surface area contributed by atoms with Crippen molar-refractivity contribution in [3.8, 4) is 0 Å². The van der Waals surface area contributed by atoms with Gasteiger partial charge >= 0.3 is 5.97 Å². The molecule has 0 spiro atoms. The molecule has 5 nitrogen and oxygen atoms in total. The van der Waals surface area contributed by atoms with E-state index >= 15 is 0 Å². The van der Waals surface area contributed by atoms with Gasteiger partial charge < -0.3 is 10.0 Å². The van der Waals surface area contributed by atoms with Crippen molar-refractivity contribution < 1.29 is 14.7 Å². The summed E-state index contributed by atoms with van der Waals surface area (Å²) in [6, 6.07) is 3.22. The molecule has 1 heterocycles. The van der Waals surface area contributed by atoms with Gasteiger partial charge in [0.25, 0.3) is 5.91 Å². The van der Waals surface area contributed by atoms with Crippen LogP contribution in [0.5, 0.6) is 0 Å². The minimum absolute atomic E-state index is 0.132. The number of rotatable bonds is 3. The lowest BCUT2D eigenvalue weighted by Crippen LogP contribution is -2.35.